The summed E-state index contributed by atoms with van der Waals surface area (Å²) >= 11 is 0. The Kier molecular flexibility index (Phi) is 9.48. The molecule has 3 rings (SSSR count). The lowest BCUT2D eigenvalue weighted by Crippen LogP contribution is -2.19. The van der Waals surface area contributed by atoms with E-state index in [9.17, 15) is 4.79 Å². The SMILES string of the molecule is CCCCCCCCOc1cc(=NC(=O)Cc2ccc(C)cc2)cnn1C1C=CCC=C1. The van der Waals surface area contributed by atoms with Gasteiger partial charge >= 0.3 is 0 Å². The normalized spacial score (nSPS) is 14.1. The summed E-state index contributed by atoms with van der Waals surface area (Å²) in [6, 6.07) is 9.80. The van der Waals surface area contributed by atoms with E-state index in [4.69, 9.17) is 4.74 Å². The van der Waals surface area contributed by atoms with Crippen LogP contribution < -0.4 is 10.1 Å². The molecule has 0 aliphatic heterocycles. The molecular formula is C27H35N3O2. The molecule has 1 amide bonds. The van der Waals surface area contributed by atoms with Crippen LogP contribution in [-0.2, 0) is 11.2 Å². The monoisotopic (exact) mass is 433 g/mol. The molecule has 1 aromatic carbocycles. The number of ether oxygens (including phenoxy) is 1. The molecule has 0 unspecified atom stereocenters. The highest BCUT2D eigenvalue weighted by Gasteiger charge is 2.12. The third-order valence-corrected chi connectivity index (χ3v) is 5.51. The number of carbonyl (C=O) groups excluding carboxylic acids is 1. The highest BCUT2D eigenvalue weighted by molar-refractivity contribution is 5.79. The highest BCUT2D eigenvalue weighted by atomic mass is 16.5. The first-order valence-corrected chi connectivity index (χ1v) is 11.8. The van der Waals surface area contributed by atoms with Gasteiger partial charge in [0.25, 0.3) is 5.91 Å². The molecular weight excluding hydrogens is 398 g/mol. The van der Waals surface area contributed by atoms with Crippen LogP contribution in [0.25, 0.3) is 0 Å². The first kappa shape index (κ1) is 23.7. The molecule has 0 spiro atoms. The fourth-order valence-electron chi connectivity index (χ4n) is 3.67. The summed E-state index contributed by atoms with van der Waals surface area (Å²) in [5.41, 5.74) is 2.13. The highest BCUT2D eigenvalue weighted by Crippen LogP contribution is 2.20. The average molecular weight is 434 g/mol. The zero-order valence-corrected chi connectivity index (χ0v) is 19.4. The maximum absolute atomic E-state index is 12.5. The van der Waals surface area contributed by atoms with Gasteiger partial charge in [-0.3, -0.25) is 4.79 Å². The Balaban J connectivity index is 1.70. The Morgan fingerprint density at radius 2 is 1.81 bits per heavy atom. The van der Waals surface area contributed by atoms with Crippen molar-refractivity contribution in [1.82, 2.24) is 9.78 Å². The standard InChI is InChI=1S/C27H35N3O2/c1-3-4-5-6-7-11-18-32-27-20-24(21-28-30(27)25-12-9-8-10-13-25)29-26(31)19-23-16-14-22(2)15-17-23/h9-10,12-17,20-21,25H,3-8,11,18-19H2,1-2H3. The Bertz CT molecular complexity index is 975. The molecule has 0 radical (unpaired) electrons. The first-order valence-electron chi connectivity index (χ1n) is 11.8. The lowest BCUT2D eigenvalue weighted by molar-refractivity contribution is -0.117. The van der Waals surface area contributed by atoms with Gasteiger partial charge in [-0.25, -0.2) is 9.67 Å². The summed E-state index contributed by atoms with van der Waals surface area (Å²) in [6.07, 6.45) is 18.6. The Labute approximate surface area is 191 Å². The van der Waals surface area contributed by atoms with Crippen LogP contribution in [-0.4, -0.2) is 22.3 Å². The van der Waals surface area contributed by atoms with Crippen molar-refractivity contribution >= 4 is 5.91 Å². The maximum Gasteiger partial charge on any atom is 0.250 e. The summed E-state index contributed by atoms with van der Waals surface area (Å²) in [4.78, 5) is 16.8. The summed E-state index contributed by atoms with van der Waals surface area (Å²) < 4.78 is 7.97. The summed E-state index contributed by atoms with van der Waals surface area (Å²) in [7, 11) is 0. The van der Waals surface area contributed by atoms with Crippen LogP contribution in [0.1, 0.15) is 69.0 Å². The molecule has 0 saturated carbocycles. The van der Waals surface area contributed by atoms with Crippen LogP contribution in [0.3, 0.4) is 0 Å². The molecule has 0 fully saturated rings. The average Bonchev–Trinajstić information content (AvgIpc) is 2.81. The lowest BCUT2D eigenvalue weighted by Gasteiger charge is -2.19. The number of allylic oxidation sites excluding steroid dienone is 4. The number of unbranched alkanes of at least 4 members (excludes halogenated alkanes) is 5. The van der Waals surface area contributed by atoms with Gasteiger partial charge in [0.2, 0.25) is 5.88 Å². The Morgan fingerprint density at radius 3 is 2.56 bits per heavy atom. The van der Waals surface area contributed by atoms with Gasteiger partial charge in [-0.2, -0.15) is 5.10 Å². The van der Waals surface area contributed by atoms with Crippen molar-refractivity contribution in [3.05, 3.63) is 77.3 Å². The van der Waals surface area contributed by atoms with E-state index in [1.54, 1.807) is 6.20 Å². The minimum absolute atomic E-state index is 0.0145. The van der Waals surface area contributed by atoms with Gasteiger partial charge in [0.15, 0.2) is 0 Å². The van der Waals surface area contributed by atoms with Gasteiger partial charge in [-0.15, -0.1) is 0 Å². The second-order valence-electron chi connectivity index (χ2n) is 8.36. The zero-order valence-electron chi connectivity index (χ0n) is 19.4. The molecule has 0 atom stereocenters. The molecule has 170 valence electrons. The number of rotatable bonds is 11. The van der Waals surface area contributed by atoms with Crippen molar-refractivity contribution in [3.8, 4) is 5.88 Å². The lowest BCUT2D eigenvalue weighted by atomic mass is 10.1. The topological polar surface area (TPSA) is 56.5 Å². The van der Waals surface area contributed by atoms with Crippen molar-refractivity contribution in [2.45, 2.75) is 71.3 Å². The van der Waals surface area contributed by atoms with Crippen LogP contribution in [0.2, 0.25) is 0 Å². The number of hydrogen-bond acceptors (Lipinski definition) is 3. The molecule has 5 heteroatoms. The number of aromatic nitrogens is 2. The van der Waals surface area contributed by atoms with E-state index in [0.29, 0.717) is 17.8 Å². The Hall–Kier alpha value is -2.95. The number of carbonyl (C=O) groups is 1. The van der Waals surface area contributed by atoms with Gasteiger partial charge in [0.1, 0.15) is 0 Å². The van der Waals surface area contributed by atoms with E-state index in [1.807, 2.05) is 41.9 Å². The molecule has 32 heavy (non-hydrogen) atoms. The number of benzene rings is 1. The molecule has 1 aromatic heterocycles. The number of nitrogens with zero attached hydrogens (tertiary/aromatic N) is 3. The van der Waals surface area contributed by atoms with Crippen LogP contribution in [0, 0.1) is 6.92 Å². The van der Waals surface area contributed by atoms with Crippen LogP contribution in [0.5, 0.6) is 5.88 Å². The maximum atomic E-state index is 12.5. The third-order valence-electron chi connectivity index (χ3n) is 5.51. The van der Waals surface area contributed by atoms with Crippen LogP contribution in [0.15, 0.2) is 65.8 Å². The molecule has 0 saturated heterocycles. The van der Waals surface area contributed by atoms with Crippen LogP contribution >= 0.6 is 0 Å². The van der Waals surface area contributed by atoms with E-state index in [-0.39, 0.29) is 18.4 Å². The van der Waals surface area contributed by atoms with Gasteiger partial charge < -0.3 is 4.74 Å². The van der Waals surface area contributed by atoms with E-state index in [0.717, 1.165) is 24.8 Å². The zero-order chi connectivity index (χ0) is 22.6. The molecule has 2 aromatic rings. The van der Waals surface area contributed by atoms with E-state index in [2.05, 4.69) is 41.3 Å². The number of aryl methyl sites for hydroxylation is 1. The van der Waals surface area contributed by atoms with E-state index in [1.165, 1.54) is 31.2 Å². The summed E-state index contributed by atoms with van der Waals surface area (Å²) in [5, 5.41) is 5.08. The molecule has 0 N–H and O–H groups in total. The quantitative estimate of drug-likeness (QED) is 0.339. The third kappa shape index (κ3) is 7.63. The predicted octanol–water partition coefficient (Wildman–Crippen LogP) is 5.66. The molecule has 1 aliphatic rings. The van der Waals surface area contributed by atoms with Gasteiger partial charge in [-0.05, 0) is 25.3 Å². The number of amides is 1. The molecule has 1 heterocycles. The summed E-state index contributed by atoms with van der Waals surface area (Å²) in [6.45, 7) is 4.89. The summed E-state index contributed by atoms with van der Waals surface area (Å²) in [5.74, 6) is 0.455. The van der Waals surface area contributed by atoms with Crippen molar-refractivity contribution in [2.75, 3.05) is 6.61 Å². The van der Waals surface area contributed by atoms with Gasteiger partial charge in [0, 0.05) is 6.07 Å². The second kappa shape index (κ2) is 12.8. The largest absolute Gasteiger partial charge is 0.478 e. The van der Waals surface area contributed by atoms with Crippen molar-refractivity contribution in [1.29, 1.82) is 0 Å². The fraction of sp³-hybridized carbons (Fsp3) is 0.444. The van der Waals surface area contributed by atoms with E-state index >= 15 is 0 Å². The molecule has 1 aliphatic carbocycles. The van der Waals surface area contributed by atoms with Gasteiger partial charge in [-0.1, -0.05) is 93.2 Å². The van der Waals surface area contributed by atoms with Gasteiger partial charge in [0.05, 0.1) is 30.6 Å². The fourth-order valence-corrected chi connectivity index (χ4v) is 3.67. The Morgan fingerprint density at radius 1 is 1.09 bits per heavy atom. The van der Waals surface area contributed by atoms with Crippen molar-refractivity contribution in [3.63, 3.8) is 0 Å². The smallest absolute Gasteiger partial charge is 0.250 e. The molecule has 5 nitrogen and oxygen atoms in total. The second-order valence-corrected chi connectivity index (χ2v) is 8.36. The minimum Gasteiger partial charge on any atom is -0.478 e. The van der Waals surface area contributed by atoms with E-state index < -0.39 is 0 Å². The minimum atomic E-state index is -0.187. The van der Waals surface area contributed by atoms with Crippen molar-refractivity contribution in [2.24, 2.45) is 4.99 Å². The van der Waals surface area contributed by atoms with Crippen molar-refractivity contribution < 1.29 is 9.53 Å². The molecule has 0 bridgehead atoms. The first-order chi connectivity index (χ1) is 15.7. The van der Waals surface area contributed by atoms with Crippen LogP contribution in [0.4, 0.5) is 0 Å². The predicted molar refractivity (Wildman–Crippen MR) is 128 cm³/mol. The number of hydrogen-bond donors (Lipinski definition) is 0.